The number of carbonyl (C=O) groups excluding carboxylic acids is 1. The molecule has 3 nitrogen and oxygen atoms in total. The predicted octanol–water partition coefficient (Wildman–Crippen LogP) is 3.50. The fourth-order valence-electron chi connectivity index (χ4n) is 1.78. The third-order valence-corrected chi connectivity index (χ3v) is 2.71. The molecule has 6 heteroatoms. The summed E-state index contributed by atoms with van der Waals surface area (Å²) in [6.45, 7) is 4.44. The molecule has 0 unspecified atom stereocenters. The van der Waals surface area contributed by atoms with Crippen LogP contribution in [0.25, 0.3) is 0 Å². The standard InChI is InChI=1S/C14H19F3N2O/c1-3-18-12-6-5-10(2)9-11(12)13(20)19-8-4-7-14(15,16)17/h5-6,9,18H,3-4,7-8H2,1-2H3,(H,19,20). The van der Waals surface area contributed by atoms with E-state index in [1.807, 2.05) is 19.9 Å². The SMILES string of the molecule is CCNc1ccc(C)cc1C(=O)NCCCC(F)(F)F. The van der Waals surface area contributed by atoms with Crippen LogP contribution in [-0.4, -0.2) is 25.2 Å². The molecule has 112 valence electrons. The molecule has 0 saturated heterocycles. The van der Waals surface area contributed by atoms with Crippen molar-refractivity contribution in [3.8, 4) is 0 Å². The molecule has 0 spiro atoms. The highest BCUT2D eigenvalue weighted by molar-refractivity contribution is 5.99. The van der Waals surface area contributed by atoms with Crippen molar-refractivity contribution in [3.05, 3.63) is 29.3 Å². The zero-order valence-electron chi connectivity index (χ0n) is 11.6. The first-order valence-corrected chi connectivity index (χ1v) is 6.53. The molecule has 0 saturated carbocycles. The van der Waals surface area contributed by atoms with Crippen LogP contribution < -0.4 is 10.6 Å². The van der Waals surface area contributed by atoms with Gasteiger partial charge in [-0.15, -0.1) is 0 Å². The van der Waals surface area contributed by atoms with Crippen molar-refractivity contribution in [2.24, 2.45) is 0 Å². The third kappa shape index (κ3) is 5.50. The van der Waals surface area contributed by atoms with Gasteiger partial charge in [0.2, 0.25) is 0 Å². The zero-order chi connectivity index (χ0) is 15.2. The Hall–Kier alpha value is -1.72. The number of benzene rings is 1. The lowest BCUT2D eigenvalue weighted by atomic mass is 10.1. The molecule has 0 aliphatic rings. The maximum atomic E-state index is 12.0. The second kappa shape index (κ2) is 7.17. The summed E-state index contributed by atoms with van der Waals surface area (Å²) in [5.74, 6) is -0.355. The molecule has 1 rings (SSSR count). The number of hydrogen-bond donors (Lipinski definition) is 2. The van der Waals surface area contributed by atoms with Gasteiger partial charge in [-0.25, -0.2) is 0 Å². The molecular weight excluding hydrogens is 269 g/mol. The summed E-state index contributed by atoms with van der Waals surface area (Å²) in [7, 11) is 0. The number of carbonyl (C=O) groups is 1. The number of amides is 1. The molecule has 0 atom stereocenters. The van der Waals surface area contributed by atoms with Crippen LogP contribution in [0.4, 0.5) is 18.9 Å². The Balaban J connectivity index is 2.60. The second-order valence-electron chi connectivity index (χ2n) is 4.55. The lowest BCUT2D eigenvalue weighted by Gasteiger charge is -2.12. The Bertz CT molecular complexity index is 458. The van der Waals surface area contributed by atoms with Crippen molar-refractivity contribution >= 4 is 11.6 Å². The maximum Gasteiger partial charge on any atom is 0.389 e. The normalized spacial score (nSPS) is 11.2. The number of aryl methyl sites for hydroxylation is 1. The van der Waals surface area contributed by atoms with Crippen molar-refractivity contribution in [2.75, 3.05) is 18.4 Å². The van der Waals surface area contributed by atoms with Crippen molar-refractivity contribution < 1.29 is 18.0 Å². The van der Waals surface area contributed by atoms with E-state index in [1.54, 1.807) is 12.1 Å². The van der Waals surface area contributed by atoms with E-state index in [1.165, 1.54) is 0 Å². The van der Waals surface area contributed by atoms with Crippen LogP contribution >= 0.6 is 0 Å². The number of alkyl halides is 3. The van der Waals surface area contributed by atoms with Crippen molar-refractivity contribution in [1.29, 1.82) is 0 Å². The molecule has 0 aliphatic carbocycles. The first-order valence-electron chi connectivity index (χ1n) is 6.53. The van der Waals surface area contributed by atoms with Crippen molar-refractivity contribution in [2.45, 2.75) is 32.9 Å². The fraction of sp³-hybridized carbons (Fsp3) is 0.500. The van der Waals surface area contributed by atoms with E-state index < -0.39 is 12.6 Å². The molecule has 1 amide bonds. The Kier molecular flexibility index (Phi) is 5.85. The van der Waals surface area contributed by atoms with Crippen LogP contribution in [0.15, 0.2) is 18.2 Å². The van der Waals surface area contributed by atoms with E-state index in [9.17, 15) is 18.0 Å². The molecule has 0 aliphatic heterocycles. The smallest absolute Gasteiger partial charge is 0.385 e. The third-order valence-electron chi connectivity index (χ3n) is 2.71. The summed E-state index contributed by atoms with van der Waals surface area (Å²) in [5, 5.41) is 5.58. The molecule has 1 aromatic carbocycles. The average Bonchev–Trinajstić information content (AvgIpc) is 2.35. The summed E-state index contributed by atoms with van der Waals surface area (Å²) in [4.78, 5) is 12.0. The molecule has 1 aromatic rings. The second-order valence-corrected chi connectivity index (χ2v) is 4.55. The van der Waals surface area contributed by atoms with Gasteiger partial charge in [-0.3, -0.25) is 4.79 Å². The van der Waals surface area contributed by atoms with E-state index in [0.29, 0.717) is 17.8 Å². The minimum absolute atomic E-state index is 0.0118. The maximum absolute atomic E-state index is 12.0. The molecule has 0 heterocycles. The van der Waals surface area contributed by atoms with Crippen molar-refractivity contribution in [1.82, 2.24) is 5.32 Å². The summed E-state index contributed by atoms with van der Waals surface area (Å²) >= 11 is 0. The van der Waals surface area contributed by atoms with Crippen LogP contribution in [0.2, 0.25) is 0 Å². The van der Waals surface area contributed by atoms with Gasteiger partial charge in [-0.1, -0.05) is 11.6 Å². The summed E-state index contributed by atoms with van der Waals surface area (Å²) in [6, 6.07) is 5.39. The molecule has 0 radical (unpaired) electrons. The van der Waals surface area contributed by atoms with Gasteiger partial charge in [0, 0.05) is 25.2 Å². The number of hydrogen-bond acceptors (Lipinski definition) is 2. The van der Waals surface area contributed by atoms with Gasteiger partial charge in [0.25, 0.3) is 5.91 Å². The first kappa shape index (κ1) is 16.3. The van der Waals surface area contributed by atoms with Gasteiger partial charge in [0.15, 0.2) is 0 Å². The lowest BCUT2D eigenvalue weighted by molar-refractivity contribution is -0.135. The number of rotatable bonds is 6. The summed E-state index contributed by atoms with van der Waals surface area (Å²) in [5.41, 5.74) is 2.07. The van der Waals surface area contributed by atoms with Crippen molar-refractivity contribution in [3.63, 3.8) is 0 Å². The summed E-state index contributed by atoms with van der Waals surface area (Å²) in [6.07, 6.45) is -5.18. The van der Waals surface area contributed by atoms with E-state index in [-0.39, 0.29) is 18.9 Å². The van der Waals surface area contributed by atoms with Gasteiger partial charge in [0.05, 0.1) is 5.56 Å². The molecule has 2 N–H and O–H groups in total. The van der Waals surface area contributed by atoms with Crippen LogP contribution in [0.1, 0.15) is 35.7 Å². The minimum Gasteiger partial charge on any atom is -0.385 e. The Labute approximate surface area is 116 Å². The minimum atomic E-state index is -4.18. The first-order chi connectivity index (χ1) is 9.33. The molecule has 0 aromatic heterocycles. The number of halogens is 3. The van der Waals surface area contributed by atoms with Gasteiger partial charge in [0.1, 0.15) is 0 Å². The van der Waals surface area contributed by atoms with E-state index in [0.717, 1.165) is 5.56 Å². The van der Waals surface area contributed by atoms with Gasteiger partial charge < -0.3 is 10.6 Å². The Morgan fingerprint density at radius 1 is 1.30 bits per heavy atom. The highest BCUT2D eigenvalue weighted by Gasteiger charge is 2.26. The monoisotopic (exact) mass is 288 g/mol. The van der Waals surface area contributed by atoms with Crippen LogP contribution in [0.3, 0.4) is 0 Å². The molecule has 0 fully saturated rings. The Morgan fingerprint density at radius 2 is 2.00 bits per heavy atom. The number of nitrogens with one attached hydrogen (secondary N) is 2. The highest BCUT2D eigenvalue weighted by atomic mass is 19.4. The van der Waals surface area contributed by atoms with Crippen LogP contribution in [0.5, 0.6) is 0 Å². The van der Waals surface area contributed by atoms with Gasteiger partial charge in [-0.2, -0.15) is 13.2 Å². The molecule has 0 bridgehead atoms. The topological polar surface area (TPSA) is 41.1 Å². The van der Waals surface area contributed by atoms with Gasteiger partial charge >= 0.3 is 6.18 Å². The van der Waals surface area contributed by atoms with Gasteiger partial charge in [-0.05, 0) is 32.4 Å². The highest BCUT2D eigenvalue weighted by Crippen LogP contribution is 2.21. The fourth-order valence-corrected chi connectivity index (χ4v) is 1.78. The number of anilines is 1. The van der Waals surface area contributed by atoms with E-state index in [4.69, 9.17) is 0 Å². The molecule has 20 heavy (non-hydrogen) atoms. The van der Waals surface area contributed by atoms with E-state index >= 15 is 0 Å². The largest absolute Gasteiger partial charge is 0.389 e. The van der Waals surface area contributed by atoms with Crippen LogP contribution in [0, 0.1) is 6.92 Å². The zero-order valence-corrected chi connectivity index (χ0v) is 11.6. The predicted molar refractivity (Wildman–Crippen MR) is 73.0 cm³/mol. The van der Waals surface area contributed by atoms with Crippen LogP contribution in [-0.2, 0) is 0 Å². The lowest BCUT2D eigenvalue weighted by Crippen LogP contribution is -2.26. The average molecular weight is 288 g/mol. The van der Waals surface area contributed by atoms with E-state index in [2.05, 4.69) is 10.6 Å². The quantitative estimate of drug-likeness (QED) is 0.787. The molecular formula is C14H19F3N2O. The summed E-state index contributed by atoms with van der Waals surface area (Å²) < 4.78 is 36.0. The Morgan fingerprint density at radius 3 is 2.60 bits per heavy atom.